The summed E-state index contributed by atoms with van der Waals surface area (Å²) in [5.74, 6) is 1.42. The molecule has 0 spiro atoms. The minimum atomic E-state index is -0.270. The highest BCUT2D eigenvalue weighted by Crippen LogP contribution is 2.41. The molecule has 5 rings (SSSR count). The molecular weight excluding hydrogens is 460 g/mol. The first-order valence-electron chi connectivity index (χ1n) is 12.2. The largest absolute Gasteiger partial charge is 0.341 e. The lowest BCUT2D eigenvalue weighted by Gasteiger charge is -2.31. The average Bonchev–Trinajstić information content (AvgIpc) is 3.63. The van der Waals surface area contributed by atoms with Crippen LogP contribution in [0.3, 0.4) is 0 Å². The zero-order valence-electron chi connectivity index (χ0n) is 19.8. The van der Waals surface area contributed by atoms with Crippen LogP contribution in [0.1, 0.15) is 49.0 Å². The zero-order valence-corrected chi connectivity index (χ0v) is 20.6. The first kappa shape index (κ1) is 23.4. The molecular formula is C26H30N6O2S. The van der Waals surface area contributed by atoms with Gasteiger partial charge in [0.1, 0.15) is 0 Å². The maximum atomic E-state index is 12.8. The fourth-order valence-electron chi connectivity index (χ4n) is 4.27. The molecule has 2 heterocycles. The van der Waals surface area contributed by atoms with Gasteiger partial charge < -0.3 is 15.5 Å². The van der Waals surface area contributed by atoms with E-state index in [4.69, 9.17) is 0 Å². The highest BCUT2D eigenvalue weighted by atomic mass is 32.2. The van der Waals surface area contributed by atoms with Gasteiger partial charge in [-0.2, -0.15) is 0 Å². The lowest BCUT2D eigenvalue weighted by molar-refractivity contribution is -0.113. The monoisotopic (exact) mass is 490 g/mol. The van der Waals surface area contributed by atoms with E-state index in [9.17, 15) is 9.59 Å². The van der Waals surface area contributed by atoms with Crippen LogP contribution in [0.15, 0.2) is 59.8 Å². The highest BCUT2D eigenvalue weighted by Gasteiger charge is 2.32. The third kappa shape index (κ3) is 5.67. The van der Waals surface area contributed by atoms with Gasteiger partial charge in [-0.05, 0) is 55.9 Å². The number of anilines is 3. The number of thioether (sulfide) groups is 1. The summed E-state index contributed by atoms with van der Waals surface area (Å²) >= 11 is 1.40. The molecule has 182 valence electrons. The molecule has 2 aliphatic rings. The van der Waals surface area contributed by atoms with Gasteiger partial charge in [0.15, 0.2) is 5.16 Å². The lowest BCUT2D eigenvalue weighted by Crippen LogP contribution is -2.34. The van der Waals surface area contributed by atoms with E-state index in [0.717, 1.165) is 43.0 Å². The summed E-state index contributed by atoms with van der Waals surface area (Å²) in [6.07, 6.45) is 4.58. The van der Waals surface area contributed by atoms with E-state index >= 15 is 0 Å². The normalized spacial score (nSPS) is 16.2. The van der Waals surface area contributed by atoms with Crippen LogP contribution in [0.2, 0.25) is 0 Å². The second-order valence-electron chi connectivity index (χ2n) is 9.26. The molecule has 9 heteroatoms. The Morgan fingerprint density at radius 3 is 2.40 bits per heavy atom. The third-order valence-electron chi connectivity index (χ3n) is 6.43. The van der Waals surface area contributed by atoms with Crippen LogP contribution in [-0.4, -0.2) is 45.4 Å². The molecule has 0 unspecified atom stereocenters. The van der Waals surface area contributed by atoms with Crippen molar-refractivity contribution >= 4 is 40.9 Å². The summed E-state index contributed by atoms with van der Waals surface area (Å²) in [7, 11) is 0. The predicted octanol–water partition coefficient (Wildman–Crippen LogP) is 4.83. The van der Waals surface area contributed by atoms with Gasteiger partial charge in [0, 0.05) is 24.8 Å². The number of para-hydroxylation sites is 2. The molecule has 1 aliphatic heterocycles. The van der Waals surface area contributed by atoms with Gasteiger partial charge >= 0.3 is 0 Å². The molecule has 2 aromatic carbocycles. The Morgan fingerprint density at radius 2 is 1.66 bits per heavy atom. The summed E-state index contributed by atoms with van der Waals surface area (Å²) < 4.78 is 2.22. The summed E-state index contributed by atoms with van der Waals surface area (Å²) in [6.45, 7) is 4.30. The number of piperidine rings is 1. The van der Waals surface area contributed by atoms with Crippen LogP contribution in [0, 0.1) is 5.92 Å². The van der Waals surface area contributed by atoms with Crippen molar-refractivity contribution in [2.45, 2.75) is 43.8 Å². The Labute approximate surface area is 209 Å². The molecule has 1 aromatic heterocycles. The van der Waals surface area contributed by atoms with Gasteiger partial charge in [-0.15, -0.1) is 10.2 Å². The Balaban J connectivity index is 1.23. The number of rotatable bonds is 8. The van der Waals surface area contributed by atoms with Gasteiger partial charge in [0.05, 0.1) is 17.0 Å². The van der Waals surface area contributed by atoms with Crippen molar-refractivity contribution in [1.29, 1.82) is 0 Å². The van der Waals surface area contributed by atoms with Crippen LogP contribution in [-0.2, 0) is 4.79 Å². The van der Waals surface area contributed by atoms with E-state index in [1.807, 2.05) is 30.3 Å². The lowest BCUT2D eigenvalue weighted by atomic mass is 10.00. The van der Waals surface area contributed by atoms with Crippen molar-refractivity contribution in [2.75, 3.05) is 34.4 Å². The quantitative estimate of drug-likeness (QED) is 0.439. The van der Waals surface area contributed by atoms with E-state index in [1.165, 1.54) is 24.6 Å². The topological polar surface area (TPSA) is 92.2 Å². The van der Waals surface area contributed by atoms with E-state index in [-0.39, 0.29) is 17.6 Å². The third-order valence-corrected chi connectivity index (χ3v) is 7.38. The molecule has 2 N–H and O–H groups in total. The SMILES string of the molecule is CC1CCN(c2nnc(SCC(=O)Nc3ccccc3C(=O)Nc3ccccc3)n2C2CC2)CC1. The number of carbonyl (C=O) groups is 2. The van der Waals surface area contributed by atoms with Crippen molar-refractivity contribution in [3.05, 3.63) is 60.2 Å². The fraction of sp³-hybridized carbons (Fsp3) is 0.385. The Morgan fingerprint density at radius 1 is 0.943 bits per heavy atom. The zero-order chi connectivity index (χ0) is 24.2. The first-order valence-corrected chi connectivity index (χ1v) is 13.1. The average molecular weight is 491 g/mol. The van der Waals surface area contributed by atoms with Crippen molar-refractivity contribution < 1.29 is 9.59 Å². The number of amides is 2. The van der Waals surface area contributed by atoms with Crippen LogP contribution >= 0.6 is 11.8 Å². The first-order chi connectivity index (χ1) is 17.1. The molecule has 2 fully saturated rings. The Hall–Kier alpha value is -3.33. The van der Waals surface area contributed by atoms with Crippen LogP contribution in [0.25, 0.3) is 0 Å². The van der Waals surface area contributed by atoms with Crippen LogP contribution < -0.4 is 15.5 Å². The number of carbonyl (C=O) groups excluding carboxylic acids is 2. The number of hydrogen-bond acceptors (Lipinski definition) is 6. The molecule has 0 atom stereocenters. The molecule has 3 aromatic rings. The van der Waals surface area contributed by atoms with Crippen molar-refractivity contribution in [2.24, 2.45) is 5.92 Å². The number of aromatic nitrogens is 3. The smallest absolute Gasteiger partial charge is 0.257 e. The van der Waals surface area contributed by atoms with E-state index in [2.05, 4.69) is 37.2 Å². The second-order valence-corrected chi connectivity index (χ2v) is 10.2. The molecule has 2 amide bonds. The second kappa shape index (κ2) is 10.5. The van der Waals surface area contributed by atoms with Crippen LogP contribution in [0.4, 0.5) is 17.3 Å². The van der Waals surface area contributed by atoms with Gasteiger partial charge in [-0.25, -0.2) is 0 Å². The number of hydrogen-bond donors (Lipinski definition) is 2. The fourth-order valence-corrected chi connectivity index (χ4v) is 5.07. The van der Waals surface area contributed by atoms with E-state index < -0.39 is 0 Å². The van der Waals surface area contributed by atoms with Gasteiger partial charge in [0.2, 0.25) is 11.9 Å². The molecule has 8 nitrogen and oxygen atoms in total. The molecule has 0 radical (unpaired) electrons. The van der Waals surface area contributed by atoms with E-state index in [1.54, 1.807) is 24.3 Å². The van der Waals surface area contributed by atoms with Crippen LogP contribution in [0.5, 0.6) is 0 Å². The summed E-state index contributed by atoms with van der Waals surface area (Å²) in [5, 5.41) is 15.5. The number of nitrogens with zero attached hydrogens (tertiary/aromatic N) is 4. The minimum absolute atomic E-state index is 0.186. The molecule has 1 saturated heterocycles. The number of nitrogens with one attached hydrogen (secondary N) is 2. The Kier molecular flexibility index (Phi) is 7.03. The number of benzene rings is 2. The van der Waals surface area contributed by atoms with Crippen molar-refractivity contribution in [3.63, 3.8) is 0 Å². The van der Waals surface area contributed by atoms with Gasteiger partial charge in [-0.3, -0.25) is 14.2 Å². The molecule has 0 bridgehead atoms. The van der Waals surface area contributed by atoms with Crippen molar-refractivity contribution in [3.8, 4) is 0 Å². The van der Waals surface area contributed by atoms with Gasteiger partial charge in [0.25, 0.3) is 5.91 Å². The molecule has 1 aliphatic carbocycles. The predicted molar refractivity (Wildman–Crippen MR) is 139 cm³/mol. The Bertz CT molecular complexity index is 1190. The highest BCUT2D eigenvalue weighted by molar-refractivity contribution is 7.99. The summed E-state index contributed by atoms with van der Waals surface area (Å²) in [5.41, 5.74) is 1.60. The maximum absolute atomic E-state index is 12.8. The van der Waals surface area contributed by atoms with Gasteiger partial charge in [-0.1, -0.05) is 49.0 Å². The summed E-state index contributed by atoms with van der Waals surface area (Å²) in [6, 6.07) is 16.7. The standard InChI is InChI=1S/C26H30N6O2S/c1-18-13-15-31(16-14-18)25-29-30-26(32(25)20-11-12-20)35-17-23(33)28-22-10-6-5-9-21(22)24(34)27-19-7-3-2-4-8-19/h2-10,18,20H,11-17H2,1H3,(H,27,34)(H,28,33). The minimum Gasteiger partial charge on any atom is -0.341 e. The van der Waals surface area contributed by atoms with E-state index in [0.29, 0.717) is 23.0 Å². The molecule has 35 heavy (non-hydrogen) atoms. The maximum Gasteiger partial charge on any atom is 0.257 e. The molecule has 1 saturated carbocycles. The van der Waals surface area contributed by atoms with Crippen molar-refractivity contribution in [1.82, 2.24) is 14.8 Å². The summed E-state index contributed by atoms with van der Waals surface area (Å²) in [4.78, 5) is 28.0.